The number of nitrogens with zero attached hydrogens (tertiary/aromatic N) is 2. The third-order valence-electron chi connectivity index (χ3n) is 4.32. The van der Waals surface area contributed by atoms with Gasteiger partial charge in [-0.25, -0.2) is 9.78 Å². The van der Waals surface area contributed by atoms with Crippen molar-refractivity contribution in [2.75, 3.05) is 0 Å². The van der Waals surface area contributed by atoms with Crippen molar-refractivity contribution >= 4 is 40.6 Å². The minimum Gasteiger partial charge on any atom is -0.478 e. The molecule has 146 valence electrons. The first-order chi connectivity index (χ1) is 14.5. The molecule has 30 heavy (non-hydrogen) atoms. The Morgan fingerprint density at radius 1 is 1.07 bits per heavy atom. The van der Waals surface area contributed by atoms with Crippen LogP contribution in [-0.2, 0) is 0 Å². The van der Waals surface area contributed by atoms with E-state index in [0.29, 0.717) is 27.1 Å². The Balaban J connectivity index is 1.59. The zero-order valence-electron chi connectivity index (χ0n) is 15.4. The van der Waals surface area contributed by atoms with Crippen LogP contribution in [0.3, 0.4) is 0 Å². The van der Waals surface area contributed by atoms with Gasteiger partial charge >= 0.3 is 5.97 Å². The molecule has 0 amide bonds. The van der Waals surface area contributed by atoms with Gasteiger partial charge in [0.05, 0.1) is 16.8 Å². The van der Waals surface area contributed by atoms with Crippen molar-refractivity contribution in [1.29, 1.82) is 5.26 Å². The molecule has 0 unspecified atom stereocenters. The molecular formula is C23H13ClN2O3S. The van der Waals surface area contributed by atoms with E-state index in [1.54, 1.807) is 42.5 Å². The predicted molar refractivity (Wildman–Crippen MR) is 117 cm³/mol. The fraction of sp³-hybridized carbons (Fsp3) is 0. The second-order valence-electron chi connectivity index (χ2n) is 6.30. The Hall–Kier alpha value is -3.66. The average molecular weight is 433 g/mol. The number of nitriles is 1. The third-order valence-corrected chi connectivity index (χ3v) is 5.45. The van der Waals surface area contributed by atoms with Crippen LogP contribution < -0.4 is 0 Å². The summed E-state index contributed by atoms with van der Waals surface area (Å²) in [7, 11) is 0. The second kappa shape index (κ2) is 8.37. The molecule has 0 spiro atoms. The minimum atomic E-state index is -0.982. The lowest BCUT2D eigenvalue weighted by Crippen LogP contribution is -1.94. The lowest BCUT2D eigenvalue weighted by molar-refractivity contribution is 0.0697. The van der Waals surface area contributed by atoms with Crippen molar-refractivity contribution in [1.82, 2.24) is 4.98 Å². The molecule has 4 aromatic rings. The Morgan fingerprint density at radius 3 is 2.43 bits per heavy atom. The molecule has 2 aromatic carbocycles. The van der Waals surface area contributed by atoms with Gasteiger partial charge < -0.3 is 9.52 Å². The van der Waals surface area contributed by atoms with E-state index in [-0.39, 0.29) is 5.56 Å². The van der Waals surface area contributed by atoms with Gasteiger partial charge in [0.15, 0.2) is 0 Å². The molecule has 2 aromatic heterocycles. The van der Waals surface area contributed by atoms with Gasteiger partial charge in [0.2, 0.25) is 0 Å². The highest BCUT2D eigenvalue weighted by atomic mass is 35.5. The first-order valence-corrected chi connectivity index (χ1v) is 10.1. The zero-order chi connectivity index (χ0) is 21.1. The molecule has 0 aliphatic carbocycles. The molecule has 2 heterocycles. The number of rotatable bonds is 5. The molecule has 0 fully saturated rings. The predicted octanol–water partition coefficient (Wildman–Crippen LogP) is 6.49. The molecule has 0 saturated carbocycles. The number of carboxylic acid groups (broad SMARTS) is 1. The summed E-state index contributed by atoms with van der Waals surface area (Å²) in [5.41, 5.74) is 3.04. The number of aromatic carboxylic acids is 1. The summed E-state index contributed by atoms with van der Waals surface area (Å²) in [6, 6.07) is 19.5. The molecule has 5 nitrogen and oxygen atoms in total. The minimum absolute atomic E-state index is 0.206. The molecule has 4 rings (SSSR count). The van der Waals surface area contributed by atoms with E-state index in [0.717, 1.165) is 16.8 Å². The summed E-state index contributed by atoms with van der Waals surface area (Å²) in [5.74, 6) is 0.105. The van der Waals surface area contributed by atoms with Crippen LogP contribution in [0.2, 0.25) is 5.02 Å². The first-order valence-electron chi connectivity index (χ1n) is 8.81. The number of allylic oxidation sites excluding steroid dienone is 1. The highest BCUT2D eigenvalue weighted by molar-refractivity contribution is 7.11. The number of furan rings is 1. The van der Waals surface area contributed by atoms with Crippen molar-refractivity contribution in [2.24, 2.45) is 0 Å². The van der Waals surface area contributed by atoms with E-state index in [2.05, 4.69) is 11.1 Å². The number of aromatic nitrogens is 1. The second-order valence-corrected chi connectivity index (χ2v) is 7.59. The smallest absolute Gasteiger partial charge is 0.335 e. The number of hydrogen-bond donors (Lipinski definition) is 1. The van der Waals surface area contributed by atoms with Gasteiger partial charge in [-0.15, -0.1) is 11.3 Å². The highest BCUT2D eigenvalue weighted by Gasteiger charge is 2.11. The monoisotopic (exact) mass is 432 g/mol. The van der Waals surface area contributed by atoms with E-state index in [9.17, 15) is 10.1 Å². The van der Waals surface area contributed by atoms with Gasteiger partial charge in [-0.05, 0) is 36.4 Å². The molecule has 0 aliphatic rings. The van der Waals surface area contributed by atoms with Crippen LogP contribution in [-0.4, -0.2) is 16.1 Å². The summed E-state index contributed by atoms with van der Waals surface area (Å²) < 4.78 is 5.82. The maximum atomic E-state index is 11.0. The zero-order valence-corrected chi connectivity index (χ0v) is 16.9. The average Bonchev–Trinajstić information content (AvgIpc) is 3.42. The van der Waals surface area contributed by atoms with E-state index < -0.39 is 5.97 Å². The van der Waals surface area contributed by atoms with Crippen molar-refractivity contribution in [3.8, 4) is 28.7 Å². The topological polar surface area (TPSA) is 87.1 Å². The molecule has 0 radical (unpaired) electrons. The molecule has 0 bridgehead atoms. The molecule has 1 N–H and O–H groups in total. The number of carbonyl (C=O) groups is 1. The van der Waals surface area contributed by atoms with Crippen LogP contribution in [0, 0.1) is 11.3 Å². The molecule has 0 aliphatic heterocycles. The van der Waals surface area contributed by atoms with Crippen LogP contribution in [0.25, 0.3) is 34.2 Å². The van der Waals surface area contributed by atoms with Crippen LogP contribution >= 0.6 is 22.9 Å². The highest BCUT2D eigenvalue weighted by Crippen LogP contribution is 2.29. The Morgan fingerprint density at radius 2 is 1.77 bits per heavy atom. The lowest BCUT2D eigenvalue weighted by Gasteiger charge is -1.98. The molecular weight excluding hydrogens is 420 g/mol. The van der Waals surface area contributed by atoms with Crippen LogP contribution in [0.15, 0.2) is 70.5 Å². The van der Waals surface area contributed by atoms with E-state index in [1.807, 2.05) is 17.5 Å². The van der Waals surface area contributed by atoms with Gasteiger partial charge in [0.25, 0.3) is 0 Å². The van der Waals surface area contributed by atoms with E-state index >= 15 is 0 Å². The summed E-state index contributed by atoms with van der Waals surface area (Å²) in [5, 5.41) is 21.7. The van der Waals surface area contributed by atoms with Crippen LogP contribution in [0.1, 0.15) is 21.1 Å². The SMILES string of the molecule is N#CC(=Cc1ccc(-c2ccc(C(=O)O)cc2)o1)c1nc(-c2ccc(Cl)cc2)cs1. The lowest BCUT2D eigenvalue weighted by atomic mass is 10.1. The fourth-order valence-corrected chi connectivity index (χ4v) is 3.72. The van der Waals surface area contributed by atoms with Gasteiger partial charge in [-0.1, -0.05) is 35.9 Å². The molecule has 0 saturated heterocycles. The Bertz CT molecular complexity index is 1280. The summed E-state index contributed by atoms with van der Waals surface area (Å²) in [6.07, 6.45) is 1.64. The first kappa shape index (κ1) is 19.6. The maximum absolute atomic E-state index is 11.0. The van der Waals surface area contributed by atoms with Crippen LogP contribution in [0.4, 0.5) is 0 Å². The van der Waals surface area contributed by atoms with Gasteiger partial charge in [0, 0.05) is 27.6 Å². The largest absolute Gasteiger partial charge is 0.478 e. The quantitative estimate of drug-likeness (QED) is 0.364. The van der Waals surface area contributed by atoms with Crippen LogP contribution in [0.5, 0.6) is 0 Å². The summed E-state index contributed by atoms with van der Waals surface area (Å²) in [6.45, 7) is 0. The number of hydrogen-bond acceptors (Lipinski definition) is 5. The molecule has 0 atom stereocenters. The Labute approximate surface area is 181 Å². The number of thiazole rings is 1. The number of halogens is 1. The van der Waals surface area contributed by atoms with Crippen molar-refractivity contribution in [2.45, 2.75) is 0 Å². The van der Waals surface area contributed by atoms with Crippen molar-refractivity contribution in [3.63, 3.8) is 0 Å². The third kappa shape index (κ3) is 4.18. The fourth-order valence-electron chi connectivity index (χ4n) is 2.80. The van der Waals surface area contributed by atoms with E-state index in [1.165, 1.54) is 23.5 Å². The van der Waals surface area contributed by atoms with Crippen molar-refractivity contribution in [3.05, 3.63) is 87.4 Å². The molecule has 7 heteroatoms. The van der Waals surface area contributed by atoms with Gasteiger partial charge in [-0.2, -0.15) is 5.26 Å². The summed E-state index contributed by atoms with van der Waals surface area (Å²) in [4.78, 5) is 15.5. The number of carboxylic acids is 1. The van der Waals surface area contributed by atoms with Crippen molar-refractivity contribution < 1.29 is 14.3 Å². The van der Waals surface area contributed by atoms with E-state index in [4.69, 9.17) is 21.1 Å². The standard InChI is InChI=1S/C23H13ClN2O3S/c24-18-7-5-14(6-8-18)20-13-30-22(26-20)17(12-25)11-19-9-10-21(29-19)15-1-3-16(4-2-15)23(27)28/h1-11,13H,(H,27,28). The van der Waals surface area contributed by atoms with Gasteiger partial charge in [0.1, 0.15) is 22.6 Å². The number of benzene rings is 2. The summed E-state index contributed by atoms with van der Waals surface area (Å²) >= 11 is 7.30. The Kier molecular flexibility index (Phi) is 5.48. The van der Waals surface area contributed by atoms with Gasteiger partial charge in [-0.3, -0.25) is 0 Å². The maximum Gasteiger partial charge on any atom is 0.335 e. The normalized spacial score (nSPS) is 11.3.